The Morgan fingerprint density at radius 2 is 1.74 bits per heavy atom. The van der Waals surface area contributed by atoms with Gasteiger partial charge in [-0.05, 0) is 62.3 Å². The van der Waals surface area contributed by atoms with E-state index in [0.29, 0.717) is 36.8 Å². The lowest BCUT2D eigenvalue weighted by atomic mass is 9.73. The minimum atomic E-state index is -0.804. The topological polar surface area (TPSA) is 78.9 Å². The number of carbonyl (C=O) groups excluding carboxylic acids is 1. The quantitative estimate of drug-likeness (QED) is 0.764. The van der Waals surface area contributed by atoms with Crippen LogP contribution in [0.4, 0.5) is 4.79 Å². The summed E-state index contributed by atoms with van der Waals surface area (Å²) in [5.74, 6) is 2.06. The molecular formula is C16H27ClN2O4. The number of esters is 1. The summed E-state index contributed by atoms with van der Waals surface area (Å²) >= 11 is 0. The Hall–Kier alpha value is -1.01. The summed E-state index contributed by atoms with van der Waals surface area (Å²) in [6.45, 7) is 2.14. The lowest BCUT2D eigenvalue weighted by molar-refractivity contribution is -0.146. The van der Waals surface area contributed by atoms with Crippen LogP contribution in [-0.2, 0) is 9.53 Å². The Bertz CT molecular complexity index is 436. The first kappa shape index (κ1) is 18.3. The number of rotatable bonds is 3. The van der Waals surface area contributed by atoms with E-state index >= 15 is 0 Å². The summed E-state index contributed by atoms with van der Waals surface area (Å²) in [5.41, 5.74) is 0. The van der Waals surface area contributed by atoms with E-state index in [9.17, 15) is 9.59 Å². The molecule has 3 atom stereocenters. The van der Waals surface area contributed by atoms with Gasteiger partial charge in [0.1, 0.15) is 6.04 Å². The first-order valence-corrected chi connectivity index (χ1v) is 8.39. The average Bonchev–Trinajstić information content (AvgIpc) is 3.38. The van der Waals surface area contributed by atoms with Crippen LogP contribution in [0.2, 0.25) is 0 Å². The van der Waals surface area contributed by atoms with E-state index in [4.69, 9.17) is 9.84 Å². The smallest absolute Gasteiger partial charge is 0.407 e. The van der Waals surface area contributed by atoms with Gasteiger partial charge in [-0.1, -0.05) is 0 Å². The zero-order valence-electron chi connectivity index (χ0n) is 13.6. The molecule has 132 valence electrons. The first-order chi connectivity index (χ1) is 10.6. The van der Waals surface area contributed by atoms with Crippen LogP contribution in [0.1, 0.15) is 32.1 Å². The Balaban J connectivity index is 0.00000192. The van der Waals surface area contributed by atoms with Gasteiger partial charge in [-0.2, -0.15) is 0 Å². The zero-order chi connectivity index (χ0) is 15.7. The van der Waals surface area contributed by atoms with Crippen molar-refractivity contribution in [3.63, 3.8) is 0 Å². The monoisotopic (exact) mass is 346 g/mol. The van der Waals surface area contributed by atoms with Crippen molar-refractivity contribution in [3.05, 3.63) is 0 Å². The Morgan fingerprint density at radius 1 is 1.09 bits per heavy atom. The van der Waals surface area contributed by atoms with Crippen LogP contribution in [0.3, 0.4) is 0 Å². The summed E-state index contributed by atoms with van der Waals surface area (Å²) in [7, 11) is 1.46. The highest BCUT2D eigenvalue weighted by molar-refractivity contribution is 5.85. The molecule has 1 amide bonds. The highest BCUT2D eigenvalue weighted by Gasteiger charge is 2.45. The molecule has 6 nitrogen and oxygen atoms in total. The Labute approximate surface area is 143 Å². The van der Waals surface area contributed by atoms with Crippen LogP contribution in [0.15, 0.2) is 0 Å². The molecule has 23 heavy (non-hydrogen) atoms. The van der Waals surface area contributed by atoms with Gasteiger partial charge in [0.05, 0.1) is 7.11 Å². The molecule has 2 N–H and O–H groups in total. The number of nitrogens with one attached hydrogen (secondary N) is 1. The van der Waals surface area contributed by atoms with Gasteiger partial charge >= 0.3 is 12.1 Å². The van der Waals surface area contributed by atoms with Crippen molar-refractivity contribution in [2.75, 3.05) is 26.7 Å². The number of carbonyl (C=O) groups is 2. The predicted molar refractivity (Wildman–Crippen MR) is 87.7 cm³/mol. The van der Waals surface area contributed by atoms with Gasteiger partial charge in [0.25, 0.3) is 0 Å². The maximum absolute atomic E-state index is 12.0. The Morgan fingerprint density at radius 3 is 2.26 bits per heavy atom. The average molecular weight is 347 g/mol. The van der Waals surface area contributed by atoms with E-state index in [1.54, 1.807) is 0 Å². The number of ether oxygens (including phenoxy) is 1. The molecule has 2 aliphatic heterocycles. The van der Waals surface area contributed by atoms with Crippen LogP contribution >= 0.6 is 12.4 Å². The largest absolute Gasteiger partial charge is 0.468 e. The molecule has 7 heteroatoms. The fraction of sp³-hybridized carbons (Fsp3) is 0.875. The number of methoxy groups -OCH3 is 1. The number of likely N-dealkylation sites (tertiary alicyclic amines) is 1. The minimum absolute atomic E-state index is 0. The molecule has 0 radical (unpaired) electrons. The number of carboxylic acid groups (broad SMARTS) is 1. The minimum Gasteiger partial charge on any atom is -0.468 e. The van der Waals surface area contributed by atoms with E-state index < -0.39 is 6.09 Å². The van der Waals surface area contributed by atoms with Gasteiger partial charge in [0.15, 0.2) is 0 Å². The molecule has 0 bridgehead atoms. The highest BCUT2D eigenvalue weighted by atomic mass is 35.5. The summed E-state index contributed by atoms with van der Waals surface area (Å²) in [6, 6.07) is -0.146. The van der Waals surface area contributed by atoms with Crippen molar-refractivity contribution < 1.29 is 19.4 Å². The van der Waals surface area contributed by atoms with E-state index in [2.05, 4.69) is 5.32 Å². The molecular weight excluding hydrogens is 320 g/mol. The molecule has 3 unspecified atom stereocenters. The van der Waals surface area contributed by atoms with Crippen molar-refractivity contribution in [2.45, 2.75) is 38.1 Å². The lowest BCUT2D eigenvalue weighted by Gasteiger charge is -2.41. The molecule has 1 saturated carbocycles. The highest BCUT2D eigenvalue weighted by Crippen LogP contribution is 2.45. The molecule has 0 aromatic heterocycles. The molecule has 0 aromatic carbocycles. The second-order valence-electron chi connectivity index (χ2n) is 7.01. The summed E-state index contributed by atoms with van der Waals surface area (Å²) in [4.78, 5) is 24.5. The fourth-order valence-corrected chi connectivity index (χ4v) is 4.29. The molecule has 3 fully saturated rings. The standard InChI is InChI=1S/C16H26N2O4.ClH/c1-22-15(19)14-13(11-2-3-11)8-12(9-17-14)10-4-6-18(7-5-10)16(20)21;/h10-14,17H,2-9H2,1H3,(H,20,21);1H. The second-order valence-corrected chi connectivity index (χ2v) is 7.01. The summed E-state index contributed by atoms with van der Waals surface area (Å²) < 4.78 is 4.95. The third-order valence-electron chi connectivity index (χ3n) is 5.76. The number of hydrogen-bond acceptors (Lipinski definition) is 4. The van der Waals surface area contributed by atoms with Crippen LogP contribution in [0.5, 0.6) is 0 Å². The van der Waals surface area contributed by atoms with Crippen molar-refractivity contribution in [2.24, 2.45) is 23.7 Å². The maximum atomic E-state index is 12.0. The predicted octanol–water partition coefficient (Wildman–Crippen LogP) is 1.98. The summed E-state index contributed by atoms with van der Waals surface area (Å²) in [6.07, 6.45) is 4.61. The molecule has 2 saturated heterocycles. The van der Waals surface area contributed by atoms with Gasteiger partial charge < -0.3 is 20.1 Å². The molecule has 0 spiro atoms. The van der Waals surface area contributed by atoms with Crippen LogP contribution < -0.4 is 5.32 Å². The van der Waals surface area contributed by atoms with Gasteiger partial charge in [0, 0.05) is 13.1 Å². The van der Waals surface area contributed by atoms with E-state index in [0.717, 1.165) is 25.8 Å². The molecule has 3 aliphatic rings. The van der Waals surface area contributed by atoms with Crippen LogP contribution in [0, 0.1) is 23.7 Å². The Kier molecular flexibility index (Phi) is 6.14. The normalized spacial score (nSPS) is 32.0. The van der Waals surface area contributed by atoms with E-state index in [1.165, 1.54) is 24.9 Å². The van der Waals surface area contributed by atoms with Crippen LogP contribution in [0.25, 0.3) is 0 Å². The number of nitrogens with zero attached hydrogens (tertiary/aromatic N) is 1. The van der Waals surface area contributed by atoms with Gasteiger partial charge in [0.2, 0.25) is 0 Å². The number of hydrogen-bond donors (Lipinski definition) is 2. The van der Waals surface area contributed by atoms with Gasteiger partial charge in [-0.25, -0.2) is 4.79 Å². The van der Waals surface area contributed by atoms with E-state index in [1.807, 2.05) is 0 Å². The van der Waals surface area contributed by atoms with Crippen molar-refractivity contribution in [1.82, 2.24) is 10.2 Å². The van der Waals surface area contributed by atoms with E-state index in [-0.39, 0.29) is 24.4 Å². The third-order valence-corrected chi connectivity index (χ3v) is 5.76. The molecule has 0 aromatic rings. The number of halogens is 1. The summed E-state index contributed by atoms with van der Waals surface area (Å²) in [5, 5.41) is 12.5. The number of piperidine rings is 2. The molecule has 2 heterocycles. The van der Waals surface area contributed by atoms with Gasteiger partial charge in [-0.3, -0.25) is 4.79 Å². The molecule has 1 aliphatic carbocycles. The number of amides is 1. The maximum Gasteiger partial charge on any atom is 0.407 e. The van der Waals surface area contributed by atoms with Crippen molar-refractivity contribution in [1.29, 1.82) is 0 Å². The molecule has 3 rings (SSSR count). The SMILES string of the molecule is COC(=O)C1NCC(C2CCN(C(=O)O)CC2)CC1C1CC1.Cl. The van der Waals surface area contributed by atoms with Gasteiger partial charge in [-0.15, -0.1) is 12.4 Å². The fourth-order valence-electron chi connectivity index (χ4n) is 4.29. The zero-order valence-corrected chi connectivity index (χ0v) is 14.4. The van der Waals surface area contributed by atoms with Crippen molar-refractivity contribution in [3.8, 4) is 0 Å². The third kappa shape index (κ3) is 4.10. The first-order valence-electron chi connectivity index (χ1n) is 8.39. The second kappa shape index (κ2) is 7.71. The van der Waals surface area contributed by atoms with Crippen molar-refractivity contribution >= 4 is 24.5 Å². The lowest BCUT2D eigenvalue weighted by Crippen LogP contribution is -2.53. The van der Waals surface area contributed by atoms with Crippen LogP contribution in [-0.4, -0.2) is 54.9 Å².